The van der Waals surface area contributed by atoms with Gasteiger partial charge < -0.3 is 15.5 Å². The van der Waals surface area contributed by atoms with Gasteiger partial charge in [0.15, 0.2) is 0 Å². The molecule has 1 aromatic rings. The number of urea groups is 1. The van der Waals surface area contributed by atoms with E-state index in [0.29, 0.717) is 6.04 Å². The minimum Gasteiger partial charge on any atom is -0.329 e. The van der Waals surface area contributed by atoms with Gasteiger partial charge in [-0.05, 0) is 31.5 Å². The summed E-state index contributed by atoms with van der Waals surface area (Å²) in [4.78, 5) is 14.1. The molecule has 2 amide bonds. The molecule has 0 radical (unpaired) electrons. The minimum atomic E-state index is 0.0933. The molecule has 0 spiro atoms. The zero-order chi connectivity index (χ0) is 12.4. The van der Waals surface area contributed by atoms with Crippen molar-refractivity contribution in [1.82, 2.24) is 15.5 Å². The molecular weight excluding hydrogens is 226 g/mol. The second kappa shape index (κ2) is 4.98. The molecule has 0 bridgehead atoms. The van der Waals surface area contributed by atoms with E-state index in [2.05, 4.69) is 22.8 Å². The maximum absolute atomic E-state index is 12.1. The van der Waals surface area contributed by atoms with Crippen LogP contribution in [0.2, 0.25) is 0 Å². The van der Waals surface area contributed by atoms with E-state index in [0.717, 1.165) is 32.5 Å². The lowest BCUT2D eigenvalue weighted by molar-refractivity contribution is 0.182. The third-order valence-corrected chi connectivity index (χ3v) is 3.89. The topological polar surface area (TPSA) is 44.4 Å². The molecule has 1 aromatic carbocycles. The number of benzene rings is 1. The van der Waals surface area contributed by atoms with Gasteiger partial charge in [0, 0.05) is 12.6 Å². The second-order valence-electron chi connectivity index (χ2n) is 5.05. The highest BCUT2D eigenvalue weighted by atomic mass is 16.2. The standard InChI is InChI=1S/C14H19N3O/c18-14-16-13(11-4-2-1-3-5-11)10-17(14)12-6-8-15-9-7-12/h1-5,12-13,15H,6-10H2,(H,16,18). The Morgan fingerprint density at radius 3 is 2.56 bits per heavy atom. The Balaban J connectivity index is 1.70. The smallest absolute Gasteiger partial charge is 0.318 e. The number of rotatable bonds is 2. The highest BCUT2D eigenvalue weighted by Crippen LogP contribution is 2.24. The Bertz CT molecular complexity index is 414. The van der Waals surface area contributed by atoms with E-state index < -0.39 is 0 Å². The summed E-state index contributed by atoms with van der Waals surface area (Å²) in [5.41, 5.74) is 1.20. The van der Waals surface area contributed by atoms with Crippen LogP contribution in [0, 0.1) is 0 Å². The van der Waals surface area contributed by atoms with Gasteiger partial charge in [0.25, 0.3) is 0 Å². The Morgan fingerprint density at radius 1 is 1.11 bits per heavy atom. The molecule has 2 aliphatic heterocycles. The third kappa shape index (κ3) is 2.20. The maximum atomic E-state index is 12.1. The number of amides is 2. The molecule has 2 fully saturated rings. The van der Waals surface area contributed by atoms with E-state index in [4.69, 9.17) is 0 Å². The fraction of sp³-hybridized carbons (Fsp3) is 0.500. The zero-order valence-corrected chi connectivity index (χ0v) is 10.4. The van der Waals surface area contributed by atoms with Crippen molar-refractivity contribution in [1.29, 1.82) is 0 Å². The Labute approximate surface area is 107 Å². The summed E-state index contributed by atoms with van der Waals surface area (Å²) in [6.45, 7) is 2.84. The van der Waals surface area contributed by atoms with E-state index >= 15 is 0 Å². The van der Waals surface area contributed by atoms with Gasteiger partial charge in [-0.25, -0.2) is 4.79 Å². The lowest BCUT2D eigenvalue weighted by Crippen LogP contribution is -2.44. The summed E-state index contributed by atoms with van der Waals surface area (Å²) in [5.74, 6) is 0. The molecule has 2 saturated heterocycles. The van der Waals surface area contributed by atoms with Crippen molar-refractivity contribution in [3.05, 3.63) is 35.9 Å². The first-order valence-corrected chi connectivity index (χ1v) is 6.67. The van der Waals surface area contributed by atoms with Crippen molar-refractivity contribution < 1.29 is 4.79 Å². The predicted molar refractivity (Wildman–Crippen MR) is 70.3 cm³/mol. The molecule has 1 unspecified atom stereocenters. The lowest BCUT2D eigenvalue weighted by atomic mass is 10.0. The molecule has 2 N–H and O–H groups in total. The highest BCUT2D eigenvalue weighted by Gasteiger charge is 2.34. The fourth-order valence-electron chi connectivity index (χ4n) is 2.86. The molecule has 2 heterocycles. The van der Waals surface area contributed by atoms with Gasteiger partial charge in [-0.1, -0.05) is 30.3 Å². The predicted octanol–water partition coefficient (Wildman–Crippen LogP) is 1.50. The van der Waals surface area contributed by atoms with Crippen molar-refractivity contribution in [2.75, 3.05) is 19.6 Å². The number of carbonyl (C=O) groups is 1. The molecule has 4 heteroatoms. The molecule has 0 aromatic heterocycles. The monoisotopic (exact) mass is 245 g/mol. The number of nitrogens with one attached hydrogen (secondary N) is 2. The normalized spacial score (nSPS) is 25.2. The van der Waals surface area contributed by atoms with Crippen LogP contribution in [0.15, 0.2) is 30.3 Å². The minimum absolute atomic E-state index is 0.0933. The van der Waals surface area contributed by atoms with Gasteiger partial charge in [0.1, 0.15) is 0 Å². The molecule has 2 aliphatic rings. The molecule has 96 valence electrons. The van der Waals surface area contributed by atoms with Crippen molar-refractivity contribution in [2.24, 2.45) is 0 Å². The van der Waals surface area contributed by atoms with E-state index in [9.17, 15) is 4.79 Å². The first kappa shape index (κ1) is 11.5. The van der Waals surface area contributed by atoms with Gasteiger partial charge in [-0.15, -0.1) is 0 Å². The molecule has 1 atom stereocenters. The SMILES string of the molecule is O=C1NC(c2ccccc2)CN1C1CCNCC1. The average Bonchev–Trinajstić information content (AvgIpc) is 2.83. The van der Waals surface area contributed by atoms with Gasteiger partial charge in [-0.3, -0.25) is 0 Å². The van der Waals surface area contributed by atoms with Crippen molar-refractivity contribution in [2.45, 2.75) is 24.9 Å². The van der Waals surface area contributed by atoms with Crippen LogP contribution in [0.4, 0.5) is 4.79 Å². The summed E-state index contributed by atoms with van der Waals surface area (Å²) < 4.78 is 0. The third-order valence-electron chi connectivity index (χ3n) is 3.89. The van der Waals surface area contributed by atoms with E-state index in [1.165, 1.54) is 5.56 Å². The van der Waals surface area contributed by atoms with Crippen molar-refractivity contribution in [3.8, 4) is 0 Å². The van der Waals surface area contributed by atoms with Gasteiger partial charge in [0.2, 0.25) is 0 Å². The van der Waals surface area contributed by atoms with E-state index in [-0.39, 0.29) is 12.1 Å². The van der Waals surface area contributed by atoms with Crippen LogP contribution < -0.4 is 10.6 Å². The van der Waals surface area contributed by atoms with E-state index in [1.807, 2.05) is 23.1 Å². The Morgan fingerprint density at radius 2 is 1.83 bits per heavy atom. The van der Waals surface area contributed by atoms with E-state index in [1.54, 1.807) is 0 Å². The number of carbonyl (C=O) groups excluding carboxylic acids is 1. The molecule has 0 saturated carbocycles. The summed E-state index contributed by atoms with van der Waals surface area (Å²) >= 11 is 0. The van der Waals surface area contributed by atoms with Crippen LogP contribution in [0.5, 0.6) is 0 Å². The largest absolute Gasteiger partial charge is 0.329 e. The van der Waals surface area contributed by atoms with Gasteiger partial charge in [0.05, 0.1) is 6.04 Å². The van der Waals surface area contributed by atoms with Crippen LogP contribution in [-0.4, -0.2) is 36.6 Å². The molecule has 18 heavy (non-hydrogen) atoms. The highest BCUT2D eigenvalue weighted by molar-refractivity contribution is 5.77. The molecule has 3 rings (SSSR count). The summed E-state index contributed by atoms with van der Waals surface area (Å²) in [6, 6.07) is 10.9. The number of nitrogens with zero attached hydrogens (tertiary/aromatic N) is 1. The molecular formula is C14H19N3O. The first-order chi connectivity index (χ1) is 8.84. The quantitative estimate of drug-likeness (QED) is 0.829. The molecule has 4 nitrogen and oxygen atoms in total. The lowest BCUT2D eigenvalue weighted by Gasteiger charge is -2.30. The fourth-order valence-corrected chi connectivity index (χ4v) is 2.86. The summed E-state index contributed by atoms with van der Waals surface area (Å²) in [5, 5.41) is 6.42. The van der Waals surface area contributed by atoms with Gasteiger partial charge >= 0.3 is 6.03 Å². The van der Waals surface area contributed by atoms with Crippen molar-refractivity contribution >= 4 is 6.03 Å². The van der Waals surface area contributed by atoms with Gasteiger partial charge in [-0.2, -0.15) is 0 Å². The van der Waals surface area contributed by atoms with Crippen LogP contribution in [0.25, 0.3) is 0 Å². The zero-order valence-electron chi connectivity index (χ0n) is 10.4. The maximum Gasteiger partial charge on any atom is 0.318 e. The second-order valence-corrected chi connectivity index (χ2v) is 5.05. The summed E-state index contributed by atoms with van der Waals surface area (Å²) in [6.07, 6.45) is 2.13. The number of piperidine rings is 1. The van der Waals surface area contributed by atoms with Crippen molar-refractivity contribution in [3.63, 3.8) is 0 Å². The van der Waals surface area contributed by atoms with Crippen LogP contribution in [-0.2, 0) is 0 Å². The van der Waals surface area contributed by atoms with Crippen LogP contribution in [0.1, 0.15) is 24.4 Å². The van der Waals surface area contributed by atoms with Crippen LogP contribution in [0.3, 0.4) is 0 Å². The Hall–Kier alpha value is -1.55. The number of hydrogen-bond donors (Lipinski definition) is 2. The van der Waals surface area contributed by atoms with Crippen LogP contribution >= 0.6 is 0 Å². The first-order valence-electron chi connectivity index (χ1n) is 6.67. The average molecular weight is 245 g/mol. The molecule has 0 aliphatic carbocycles. The summed E-state index contributed by atoms with van der Waals surface area (Å²) in [7, 11) is 0. The number of hydrogen-bond acceptors (Lipinski definition) is 2. The Kier molecular flexibility index (Phi) is 3.19.